The average molecular weight is 888 g/mol. The second-order valence-corrected chi connectivity index (χ2v) is 17.7. The number of allylic oxidation sites excluding steroid dienone is 14. The molecule has 0 radical (unpaired) electrons. The lowest BCUT2D eigenvalue weighted by Gasteiger charge is -2.20. The van der Waals surface area contributed by atoms with Crippen LogP contribution in [0.2, 0.25) is 0 Å². The maximum atomic E-state index is 12.6. The summed E-state index contributed by atoms with van der Waals surface area (Å²) in [5, 5.41) is 0. The van der Waals surface area contributed by atoms with Gasteiger partial charge in [0.2, 0.25) is 0 Å². The fraction of sp³-hybridized carbons (Fsp3) is 0.717. The van der Waals surface area contributed by atoms with E-state index in [1.807, 2.05) is 0 Å². The van der Waals surface area contributed by atoms with Crippen LogP contribution in [0.1, 0.15) is 206 Å². The van der Waals surface area contributed by atoms with E-state index >= 15 is 0 Å². The highest BCUT2D eigenvalue weighted by Gasteiger charge is 2.25. The van der Waals surface area contributed by atoms with Crippen LogP contribution in [0.5, 0.6) is 0 Å². The van der Waals surface area contributed by atoms with Crippen molar-refractivity contribution in [3.05, 3.63) is 85.1 Å². The van der Waals surface area contributed by atoms with Crippen LogP contribution in [0, 0.1) is 0 Å². The molecule has 0 spiro atoms. The molecule has 0 aliphatic rings. The summed E-state index contributed by atoms with van der Waals surface area (Å²) in [4.78, 5) is 22.6. The third-order valence-corrected chi connectivity index (χ3v) is 11.3. The first-order valence-electron chi connectivity index (χ1n) is 25.1. The van der Waals surface area contributed by atoms with E-state index in [-0.39, 0.29) is 32.3 Å². The Kier molecular flexibility index (Phi) is 47.8. The van der Waals surface area contributed by atoms with Crippen molar-refractivity contribution in [3.63, 3.8) is 0 Å². The summed E-state index contributed by atoms with van der Waals surface area (Å²) in [6.45, 7) is 4.76. The first kappa shape index (κ1) is 59.7. The Bertz CT molecular complexity index is 1220. The van der Waals surface area contributed by atoms with Crippen LogP contribution in [0.25, 0.3) is 0 Å². The molecule has 2 atom stereocenters. The predicted octanol–water partition coefficient (Wildman–Crippen LogP) is 15.6. The molecule has 0 bridgehead atoms. The number of esters is 1. The van der Waals surface area contributed by atoms with Crippen LogP contribution < -0.4 is 5.73 Å². The van der Waals surface area contributed by atoms with Gasteiger partial charge in [-0.1, -0.05) is 195 Å². The fourth-order valence-electron chi connectivity index (χ4n) is 6.64. The summed E-state index contributed by atoms with van der Waals surface area (Å²) in [5.74, 6) is -0.340. The normalized spacial score (nSPS) is 14.1. The molecule has 0 amide bonds. The van der Waals surface area contributed by atoms with E-state index in [0.717, 1.165) is 77.0 Å². The van der Waals surface area contributed by atoms with Crippen molar-refractivity contribution in [3.8, 4) is 0 Å². The van der Waals surface area contributed by atoms with Gasteiger partial charge in [-0.05, 0) is 89.9 Å². The van der Waals surface area contributed by atoms with E-state index in [1.54, 1.807) is 0 Å². The molecule has 0 rings (SSSR count). The van der Waals surface area contributed by atoms with Crippen molar-refractivity contribution in [2.75, 3.05) is 33.0 Å². The van der Waals surface area contributed by atoms with E-state index < -0.39 is 13.9 Å². The Labute approximate surface area is 381 Å². The third-order valence-electron chi connectivity index (χ3n) is 10.3. The van der Waals surface area contributed by atoms with Crippen molar-refractivity contribution >= 4 is 13.8 Å². The number of rotatable bonds is 47. The lowest BCUT2D eigenvalue weighted by atomic mass is 10.1. The minimum atomic E-state index is -4.29. The molecule has 62 heavy (non-hydrogen) atoms. The maximum absolute atomic E-state index is 12.6. The summed E-state index contributed by atoms with van der Waals surface area (Å²) < 4.78 is 33.6. The molecule has 0 heterocycles. The standard InChI is InChI=1S/C53H94NO7P/c1-3-5-7-9-11-13-15-17-19-21-23-24-25-26-27-29-31-33-35-37-39-41-43-45-48-58-50-52(51-60-62(56,57)59-49-47-54)61-53(55)46-44-42-40-38-36-34-32-30-28-22-20-18-16-14-12-10-8-6-4-2/h5,7,11-14,17-20,23-24,26-27,52H,3-4,6,8-10,15-16,21-22,25,28-51,54H2,1-2H3,(H,56,57)/b7-5-,13-11-,14-12-,19-17-,20-18-,24-23-,27-26-. The molecule has 8 nitrogen and oxygen atoms in total. The van der Waals surface area contributed by atoms with Gasteiger partial charge >= 0.3 is 13.8 Å². The molecule has 0 aromatic rings. The SMILES string of the molecule is CC/C=C\C/C=C\C/C=C\C/C=C\C/C=C\CCCCCCCCCCOCC(COP(=O)(O)OCCN)OC(=O)CCCCCCCCCCC/C=C\C/C=C\CCCCC. The Morgan fingerprint density at radius 2 is 0.903 bits per heavy atom. The molecule has 0 aliphatic carbocycles. The fourth-order valence-corrected chi connectivity index (χ4v) is 7.41. The van der Waals surface area contributed by atoms with Crippen molar-refractivity contribution in [1.29, 1.82) is 0 Å². The van der Waals surface area contributed by atoms with Gasteiger partial charge in [0.05, 0.1) is 19.8 Å². The minimum Gasteiger partial charge on any atom is -0.457 e. The summed E-state index contributed by atoms with van der Waals surface area (Å²) in [5.41, 5.74) is 5.39. The van der Waals surface area contributed by atoms with Gasteiger partial charge in [-0.15, -0.1) is 0 Å². The minimum absolute atomic E-state index is 0.0941. The Morgan fingerprint density at radius 1 is 0.500 bits per heavy atom. The van der Waals surface area contributed by atoms with Gasteiger partial charge in [-0.3, -0.25) is 13.8 Å². The number of phosphoric ester groups is 1. The van der Waals surface area contributed by atoms with Gasteiger partial charge in [-0.25, -0.2) is 4.57 Å². The quantitative estimate of drug-likeness (QED) is 0.0269. The number of unbranched alkanes of at least 4 members (excludes halogenated alkanes) is 20. The second kappa shape index (κ2) is 49.7. The van der Waals surface area contributed by atoms with E-state index in [0.29, 0.717) is 13.0 Å². The van der Waals surface area contributed by atoms with E-state index in [4.69, 9.17) is 24.3 Å². The van der Waals surface area contributed by atoms with Gasteiger partial charge in [0, 0.05) is 19.6 Å². The molecular formula is C53H94NO7P. The zero-order valence-electron chi connectivity index (χ0n) is 39.8. The second-order valence-electron chi connectivity index (χ2n) is 16.3. The molecule has 3 N–H and O–H groups in total. The topological polar surface area (TPSA) is 117 Å². The molecule has 0 saturated heterocycles. The average Bonchev–Trinajstić information content (AvgIpc) is 3.26. The number of nitrogens with two attached hydrogens (primary N) is 1. The van der Waals surface area contributed by atoms with Crippen LogP contribution in [-0.2, 0) is 27.9 Å². The van der Waals surface area contributed by atoms with Crippen LogP contribution in [0.4, 0.5) is 0 Å². The molecule has 9 heteroatoms. The lowest BCUT2D eigenvalue weighted by molar-refractivity contribution is -0.154. The van der Waals surface area contributed by atoms with E-state index in [2.05, 4.69) is 98.9 Å². The lowest BCUT2D eigenvalue weighted by Crippen LogP contribution is -2.28. The molecule has 0 aliphatic heterocycles. The highest BCUT2D eigenvalue weighted by atomic mass is 31.2. The van der Waals surface area contributed by atoms with Crippen LogP contribution in [0.3, 0.4) is 0 Å². The van der Waals surface area contributed by atoms with Crippen molar-refractivity contribution in [1.82, 2.24) is 0 Å². The molecule has 0 saturated carbocycles. The number of hydrogen-bond donors (Lipinski definition) is 2. The smallest absolute Gasteiger partial charge is 0.457 e. The molecule has 2 unspecified atom stereocenters. The van der Waals surface area contributed by atoms with E-state index in [9.17, 15) is 14.3 Å². The molecule has 358 valence electrons. The van der Waals surface area contributed by atoms with E-state index in [1.165, 1.54) is 109 Å². The molecule has 0 aromatic carbocycles. The van der Waals surface area contributed by atoms with Crippen molar-refractivity contribution in [2.24, 2.45) is 5.73 Å². The summed E-state index contributed by atoms with van der Waals surface area (Å²) >= 11 is 0. The summed E-state index contributed by atoms with van der Waals surface area (Å²) in [6.07, 6.45) is 64.6. The maximum Gasteiger partial charge on any atom is 0.472 e. The predicted molar refractivity (Wildman–Crippen MR) is 265 cm³/mol. The largest absolute Gasteiger partial charge is 0.472 e. The first-order valence-corrected chi connectivity index (χ1v) is 26.6. The van der Waals surface area contributed by atoms with Gasteiger partial charge in [0.1, 0.15) is 6.10 Å². The number of hydrogen-bond acceptors (Lipinski definition) is 7. The highest BCUT2D eigenvalue weighted by Crippen LogP contribution is 2.43. The molecule has 0 fully saturated rings. The van der Waals surface area contributed by atoms with Gasteiger partial charge < -0.3 is 20.1 Å². The van der Waals surface area contributed by atoms with Crippen molar-refractivity contribution in [2.45, 2.75) is 213 Å². The number of phosphoric acid groups is 1. The zero-order chi connectivity index (χ0) is 45.1. The number of carbonyl (C=O) groups excluding carboxylic acids is 1. The summed E-state index contributed by atoms with van der Waals surface area (Å²) in [7, 11) is -4.29. The highest BCUT2D eigenvalue weighted by molar-refractivity contribution is 7.47. The Balaban J connectivity index is 4.00. The Morgan fingerprint density at radius 3 is 1.35 bits per heavy atom. The summed E-state index contributed by atoms with van der Waals surface area (Å²) in [6, 6.07) is 0. The zero-order valence-corrected chi connectivity index (χ0v) is 40.7. The van der Waals surface area contributed by atoms with Crippen LogP contribution >= 0.6 is 7.82 Å². The van der Waals surface area contributed by atoms with Gasteiger partial charge in [-0.2, -0.15) is 0 Å². The third kappa shape index (κ3) is 48.7. The van der Waals surface area contributed by atoms with Crippen molar-refractivity contribution < 1.29 is 32.8 Å². The monoisotopic (exact) mass is 888 g/mol. The number of ether oxygens (including phenoxy) is 2. The first-order chi connectivity index (χ1) is 30.4. The Hall–Kier alpha value is -2.32. The molecular weight excluding hydrogens is 794 g/mol. The van der Waals surface area contributed by atoms with Crippen LogP contribution in [0.15, 0.2) is 85.1 Å². The number of carbonyl (C=O) groups is 1. The van der Waals surface area contributed by atoms with Crippen LogP contribution in [-0.4, -0.2) is 49.9 Å². The van der Waals surface area contributed by atoms with Gasteiger partial charge in [0.15, 0.2) is 0 Å². The molecule has 0 aromatic heterocycles. The van der Waals surface area contributed by atoms with Gasteiger partial charge in [0.25, 0.3) is 0 Å².